The Balaban J connectivity index is 2.38. The second kappa shape index (κ2) is 7.00. The van der Waals surface area contributed by atoms with Crippen LogP contribution >= 0.6 is 15.9 Å². The van der Waals surface area contributed by atoms with Gasteiger partial charge in [-0.05, 0) is 27.6 Å². The smallest absolute Gasteiger partial charge is 0.372 e. The van der Waals surface area contributed by atoms with Gasteiger partial charge in [-0.1, -0.05) is 12.1 Å². The van der Waals surface area contributed by atoms with E-state index in [1.165, 1.54) is 12.1 Å². The van der Waals surface area contributed by atoms with E-state index in [1.807, 2.05) is 0 Å². The van der Waals surface area contributed by atoms with Gasteiger partial charge in [0.2, 0.25) is 0 Å². The lowest BCUT2D eigenvalue weighted by Crippen LogP contribution is -2.18. The van der Waals surface area contributed by atoms with Crippen molar-refractivity contribution in [2.75, 3.05) is 13.2 Å². The summed E-state index contributed by atoms with van der Waals surface area (Å²) in [4.78, 5) is 11.5. The summed E-state index contributed by atoms with van der Waals surface area (Å²) in [5.74, 6) is -0.799. The molecule has 0 atom stereocenters. The third kappa shape index (κ3) is 6.15. The second-order valence-electron chi connectivity index (χ2n) is 3.85. The van der Waals surface area contributed by atoms with Crippen molar-refractivity contribution in [3.63, 3.8) is 0 Å². The highest BCUT2D eigenvalue weighted by atomic mass is 79.9. The normalized spacial score (nSPS) is 11.6. The number of Topliss-reactive ketones (excluding diaryl/α,β-unsaturated/α-hetero) is 1. The average Bonchev–Trinajstić information content (AvgIpc) is 2.29. The van der Waals surface area contributed by atoms with Crippen molar-refractivity contribution >= 4 is 21.7 Å². The molecule has 0 saturated heterocycles. The highest BCUT2D eigenvalue weighted by molar-refractivity contribution is 9.10. The first-order valence-electron chi connectivity index (χ1n) is 5.38. The fourth-order valence-electron chi connectivity index (χ4n) is 1.36. The van der Waals surface area contributed by atoms with Crippen molar-refractivity contribution in [1.82, 2.24) is 0 Å². The fraction of sp³-hybridized carbons (Fsp3) is 0.417. The van der Waals surface area contributed by atoms with Gasteiger partial charge in [-0.25, -0.2) is 4.39 Å². The summed E-state index contributed by atoms with van der Waals surface area (Å²) >= 11 is 3.01. The van der Waals surface area contributed by atoms with Crippen molar-refractivity contribution in [3.8, 4) is 0 Å². The van der Waals surface area contributed by atoms with E-state index in [-0.39, 0.29) is 29.7 Å². The number of benzene rings is 1. The minimum atomic E-state index is -4.39. The van der Waals surface area contributed by atoms with Crippen LogP contribution < -0.4 is 0 Å². The van der Waals surface area contributed by atoms with Crippen LogP contribution in [0.4, 0.5) is 17.6 Å². The van der Waals surface area contributed by atoms with Crippen LogP contribution in [0.3, 0.4) is 0 Å². The Morgan fingerprint density at radius 1 is 1.32 bits per heavy atom. The number of ketones is 1. The molecule has 0 aliphatic rings. The fourth-order valence-corrected chi connectivity index (χ4v) is 1.76. The van der Waals surface area contributed by atoms with Crippen LogP contribution in [-0.4, -0.2) is 25.2 Å². The van der Waals surface area contributed by atoms with Crippen molar-refractivity contribution in [2.45, 2.75) is 19.0 Å². The maximum Gasteiger partial charge on any atom is 0.411 e. The number of halogens is 5. The highest BCUT2D eigenvalue weighted by Gasteiger charge is 2.27. The molecule has 1 aromatic rings. The van der Waals surface area contributed by atoms with Crippen LogP contribution in [0.2, 0.25) is 0 Å². The molecule has 7 heteroatoms. The molecule has 1 rings (SSSR count). The molecule has 0 aromatic heterocycles. The van der Waals surface area contributed by atoms with Gasteiger partial charge in [0, 0.05) is 12.8 Å². The molecule has 19 heavy (non-hydrogen) atoms. The lowest BCUT2D eigenvalue weighted by molar-refractivity contribution is -0.174. The van der Waals surface area contributed by atoms with Crippen molar-refractivity contribution in [1.29, 1.82) is 0 Å². The van der Waals surface area contributed by atoms with Crippen LogP contribution in [0.25, 0.3) is 0 Å². The molecule has 106 valence electrons. The van der Waals surface area contributed by atoms with Gasteiger partial charge in [-0.15, -0.1) is 0 Å². The number of hydrogen-bond acceptors (Lipinski definition) is 2. The topological polar surface area (TPSA) is 26.3 Å². The molecule has 1 aromatic carbocycles. The lowest BCUT2D eigenvalue weighted by Gasteiger charge is -2.07. The minimum absolute atomic E-state index is 0.0479. The molecule has 0 fully saturated rings. The van der Waals surface area contributed by atoms with E-state index < -0.39 is 18.6 Å². The zero-order valence-corrected chi connectivity index (χ0v) is 11.4. The zero-order valence-electron chi connectivity index (χ0n) is 9.77. The van der Waals surface area contributed by atoms with Crippen molar-refractivity contribution in [2.24, 2.45) is 0 Å². The summed E-state index contributed by atoms with van der Waals surface area (Å²) in [6.07, 6.45) is -4.58. The van der Waals surface area contributed by atoms with Crippen LogP contribution in [0.15, 0.2) is 22.7 Å². The first kappa shape index (κ1) is 16.1. The molecule has 2 nitrogen and oxygen atoms in total. The van der Waals surface area contributed by atoms with Gasteiger partial charge in [-0.2, -0.15) is 13.2 Å². The number of ether oxygens (including phenoxy) is 1. The molecular weight excluding hydrogens is 332 g/mol. The van der Waals surface area contributed by atoms with Gasteiger partial charge in [0.15, 0.2) is 0 Å². The monoisotopic (exact) mass is 342 g/mol. The first-order chi connectivity index (χ1) is 8.79. The molecule has 0 N–H and O–H groups in total. The predicted molar refractivity (Wildman–Crippen MR) is 64.3 cm³/mol. The molecule has 0 spiro atoms. The Labute approximate surface area is 115 Å². The van der Waals surface area contributed by atoms with E-state index in [9.17, 15) is 22.4 Å². The summed E-state index contributed by atoms with van der Waals surface area (Å²) in [6.45, 7) is -1.67. The third-order valence-corrected chi connectivity index (χ3v) is 3.10. The van der Waals surface area contributed by atoms with Gasteiger partial charge in [0.25, 0.3) is 0 Å². The third-order valence-electron chi connectivity index (χ3n) is 2.21. The predicted octanol–water partition coefficient (Wildman–Crippen LogP) is 3.67. The summed E-state index contributed by atoms with van der Waals surface area (Å²) < 4.78 is 53.0. The largest absolute Gasteiger partial charge is 0.411 e. The lowest BCUT2D eigenvalue weighted by atomic mass is 10.1. The van der Waals surface area contributed by atoms with Crippen LogP contribution in [0.5, 0.6) is 0 Å². The quantitative estimate of drug-likeness (QED) is 0.582. The zero-order chi connectivity index (χ0) is 14.5. The first-order valence-corrected chi connectivity index (χ1v) is 6.18. The molecule has 0 aliphatic heterocycles. The van der Waals surface area contributed by atoms with Crippen LogP contribution in [0.1, 0.15) is 12.0 Å². The molecule has 0 heterocycles. The van der Waals surface area contributed by atoms with Gasteiger partial charge < -0.3 is 4.74 Å². The van der Waals surface area contributed by atoms with Crippen LogP contribution in [0, 0.1) is 5.82 Å². The summed E-state index contributed by atoms with van der Waals surface area (Å²) in [7, 11) is 0. The van der Waals surface area contributed by atoms with E-state index in [1.54, 1.807) is 6.07 Å². The molecular formula is C12H11BrF4O2. The molecule has 0 bridgehead atoms. The van der Waals surface area contributed by atoms with Gasteiger partial charge in [-0.3, -0.25) is 4.79 Å². The Morgan fingerprint density at radius 3 is 2.63 bits per heavy atom. The summed E-state index contributed by atoms with van der Waals surface area (Å²) in [5, 5.41) is 0. The van der Waals surface area contributed by atoms with Crippen molar-refractivity contribution in [3.05, 3.63) is 34.1 Å². The number of carbonyl (C=O) groups excluding carboxylic acids is 1. The highest BCUT2D eigenvalue weighted by Crippen LogP contribution is 2.21. The number of alkyl halides is 3. The van der Waals surface area contributed by atoms with E-state index in [0.717, 1.165) is 0 Å². The summed E-state index contributed by atoms with van der Waals surface area (Å²) in [6, 6.07) is 4.27. The van der Waals surface area contributed by atoms with E-state index in [0.29, 0.717) is 5.56 Å². The van der Waals surface area contributed by atoms with Crippen LogP contribution in [-0.2, 0) is 16.0 Å². The minimum Gasteiger partial charge on any atom is -0.372 e. The standard InChI is InChI=1S/C12H11BrF4O2/c13-11-8(2-1-3-10(11)14)6-9(18)4-5-19-7-12(15,16)17/h1-3H,4-7H2. The maximum absolute atomic E-state index is 13.2. The Morgan fingerprint density at radius 2 is 2.00 bits per heavy atom. The van der Waals surface area contributed by atoms with E-state index in [4.69, 9.17) is 0 Å². The number of carbonyl (C=O) groups is 1. The average molecular weight is 343 g/mol. The molecule has 0 unspecified atom stereocenters. The molecule has 0 amide bonds. The summed E-state index contributed by atoms with van der Waals surface area (Å²) in [5.41, 5.74) is 0.459. The maximum atomic E-state index is 13.2. The second-order valence-corrected chi connectivity index (χ2v) is 4.64. The van der Waals surface area contributed by atoms with E-state index >= 15 is 0 Å². The van der Waals surface area contributed by atoms with Crippen molar-refractivity contribution < 1.29 is 27.1 Å². The van der Waals surface area contributed by atoms with Gasteiger partial charge in [0.05, 0.1) is 11.1 Å². The number of hydrogen-bond donors (Lipinski definition) is 0. The Hall–Kier alpha value is -0.950. The SMILES string of the molecule is O=C(CCOCC(F)(F)F)Cc1cccc(F)c1Br. The Bertz CT molecular complexity index is 446. The molecule has 0 radical (unpaired) electrons. The van der Waals surface area contributed by atoms with Gasteiger partial charge in [0.1, 0.15) is 18.2 Å². The Kier molecular flexibility index (Phi) is 5.93. The van der Waals surface area contributed by atoms with E-state index in [2.05, 4.69) is 20.7 Å². The van der Waals surface area contributed by atoms with Gasteiger partial charge >= 0.3 is 6.18 Å². The molecule has 0 aliphatic carbocycles. The number of rotatable bonds is 6. The molecule has 0 saturated carbocycles.